The van der Waals surface area contributed by atoms with Gasteiger partial charge in [-0.3, -0.25) is 5.84 Å². The van der Waals surface area contributed by atoms with Gasteiger partial charge in [-0.1, -0.05) is 13.8 Å². The molecule has 2 atom stereocenters. The molecule has 2 aliphatic rings. The van der Waals surface area contributed by atoms with Gasteiger partial charge in [0, 0.05) is 23.9 Å². The van der Waals surface area contributed by atoms with Gasteiger partial charge in [0.05, 0.1) is 12.2 Å². The fraction of sp³-hybridized carbons (Fsp3) is 1.00. The molecule has 2 aliphatic heterocycles. The second kappa shape index (κ2) is 4.69. The van der Waals surface area contributed by atoms with Crippen LogP contribution in [0.2, 0.25) is 0 Å². The Kier molecular flexibility index (Phi) is 3.76. The molecule has 2 rings (SSSR count). The van der Waals surface area contributed by atoms with E-state index in [0.717, 1.165) is 25.7 Å². The van der Waals surface area contributed by atoms with Gasteiger partial charge in [0.1, 0.15) is 0 Å². The van der Waals surface area contributed by atoms with Crippen LogP contribution in [0.25, 0.3) is 0 Å². The van der Waals surface area contributed by atoms with Gasteiger partial charge in [0.25, 0.3) is 0 Å². The maximum absolute atomic E-state index is 6.46. The van der Waals surface area contributed by atoms with Gasteiger partial charge >= 0.3 is 0 Å². The van der Waals surface area contributed by atoms with Crippen molar-refractivity contribution in [1.82, 2.24) is 5.01 Å². The number of nitrogens with two attached hydrogens (primary N) is 1. The van der Waals surface area contributed by atoms with Gasteiger partial charge in [-0.05, 0) is 40.5 Å². The zero-order valence-electron chi connectivity index (χ0n) is 13.3. The second-order valence-electron chi connectivity index (χ2n) is 7.02. The lowest BCUT2D eigenvalue weighted by molar-refractivity contribution is -0.256. The van der Waals surface area contributed by atoms with E-state index in [2.05, 4.69) is 46.6 Å². The summed E-state index contributed by atoms with van der Waals surface area (Å²) in [6.07, 6.45) is 4.04. The summed E-state index contributed by atoms with van der Waals surface area (Å²) in [5, 5.41) is 2.06. The molecule has 2 N–H and O–H groups in total. The van der Waals surface area contributed by atoms with Gasteiger partial charge in [0.15, 0.2) is 5.79 Å². The topological polar surface area (TPSA) is 47.7 Å². The highest BCUT2D eigenvalue weighted by atomic mass is 16.8. The third kappa shape index (κ3) is 2.33. The van der Waals surface area contributed by atoms with E-state index in [1.165, 1.54) is 0 Å². The molecule has 0 amide bonds. The van der Waals surface area contributed by atoms with E-state index in [9.17, 15) is 0 Å². The van der Waals surface area contributed by atoms with Crippen molar-refractivity contribution in [2.45, 2.75) is 96.3 Å². The summed E-state index contributed by atoms with van der Waals surface area (Å²) in [5.41, 5.74) is -0.153. The molecule has 0 aromatic heterocycles. The van der Waals surface area contributed by atoms with Crippen molar-refractivity contribution in [3.05, 3.63) is 0 Å². The molecule has 1 spiro atoms. The summed E-state index contributed by atoms with van der Waals surface area (Å²) < 4.78 is 12.5. The lowest BCUT2D eigenvalue weighted by atomic mass is 9.73. The molecule has 0 aromatic carbocycles. The first-order valence-electron chi connectivity index (χ1n) is 7.61. The zero-order chi connectivity index (χ0) is 14.5. The number of hydrazine groups is 1. The maximum Gasteiger partial charge on any atom is 0.172 e. The van der Waals surface area contributed by atoms with Gasteiger partial charge < -0.3 is 9.47 Å². The Bertz CT molecular complexity index is 329. The van der Waals surface area contributed by atoms with Crippen LogP contribution >= 0.6 is 0 Å². The monoisotopic (exact) mass is 270 g/mol. The quantitative estimate of drug-likeness (QED) is 0.784. The Labute approximate surface area is 117 Å². The third-order valence-electron chi connectivity index (χ3n) is 5.24. The van der Waals surface area contributed by atoms with Crippen molar-refractivity contribution in [2.75, 3.05) is 0 Å². The van der Waals surface area contributed by atoms with Crippen LogP contribution in [-0.2, 0) is 9.47 Å². The summed E-state index contributed by atoms with van der Waals surface area (Å²) in [7, 11) is 0. The number of nitrogens with zero attached hydrogens (tertiary/aromatic N) is 1. The van der Waals surface area contributed by atoms with E-state index < -0.39 is 5.79 Å². The summed E-state index contributed by atoms with van der Waals surface area (Å²) in [4.78, 5) is 0. The third-order valence-corrected chi connectivity index (χ3v) is 5.24. The van der Waals surface area contributed by atoms with Crippen LogP contribution in [0.3, 0.4) is 0 Å². The largest absolute Gasteiger partial charge is 0.344 e. The van der Waals surface area contributed by atoms with E-state index in [0.29, 0.717) is 0 Å². The average Bonchev–Trinajstić information content (AvgIpc) is 2.58. The Morgan fingerprint density at radius 2 is 1.53 bits per heavy atom. The van der Waals surface area contributed by atoms with Crippen molar-refractivity contribution < 1.29 is 9.47 Å². The predicted octanol–water partition coefficient (Wildman–Crippen LogP) is 2.81. The lowest BCUT2D eigenvalue weighted by Gasteiger charge is -2.57. The van der Waals surface area contributed by atoms with Crippen LogP contribution in [0, 0.1) is 0 Å². The van der Waals surface area contributed by atoms with Crippen LogP contribution in [0.4, 0.5) is 0 Å². The molecule has 0 radical (unpaired) electrons. The first kappa shape index (κ1) is 15.2. The van der Waals surface area contributed by atoms with Crippen molar-refractivity contribution in [3.63, 3.8) is 0 Å². The zero-order valence-corrected chi connectivity index (χ0v) is 13.3. The molecule has 2 saturated heterocycles. The number of hydrogen-bond donors (Lipinski definition) is 1. The summed E-state index contributed by atoms with van der Waals surface area (Å²) >= 11 is 0. The maximum atomic E-state index is 6.46. The molecular formula is C15H30N2O2. The van der Waals surface area contributed by atoms with E-state index in [1.54, 1.807) is 0 Å². The Morgan fingerprint density at radius 1 is 1.05 bits per heavy atom. The smallest absolute Gasteiger partial charge is 0.172 e. The van der Waals surface area contributed by atoms with E-state index in [4.69, 9.17) is 15.3 Å². The highest BCUT2D eigenvalue weighted by molar-refractivity contribution is 5.06. The van der Waals surface area contributed by atoms with Crippen molar-refractivity contribution in [1.29, 1.82) is 0 Å². The Balaban J connectivity index is 2.35. The fourth-order valence-corrected chi connectivity index (χ4v) is 3.94. The minimum Gasteiger partial charge on any atom is -0.344 e. The van der Waals surface area contributed by atoms with Crippen LogP contribution < -0.4 is 5.84 Å². The molecular weight excluding hydrogens is 240 g/mol. The Morgan fingerprint density at radius 3 is 1.95 bits per heavy atom. The van der Waals surface area contributed by atoms with Crippen LogP contribution in [0.15, 0.2) is 0 Å². The number of rotatable bonds is 2. The highest BCUT2D eigenvalue weighted by Gasteiger charge is 2.58. The number of piperidine rings is 1. The molecule has 112 valence electrons. The van der Waals surface area contributed by atoms with Gasteiger partial charge in [-0.25, -0.2) is 5.01 Å². The molecule has 0 saturated carbocycles. The van der Waals surface area contributed by atoms with Gasteiger partial charge in [0.2, 0.25) is 0 Å². The minimum absolute atomic E-state index is 0.0362. The molecule has 2 fully saturated rings. The van der Waals surface area contributed by atoms with Crippen LogP contribution in [0.5, 0.6) is 0 Å². The first-order valence-corrected chi connectivity index (χ1v) is 7.61. The van der Waals surface area contributed by atoms with Crippen LogP contribution in [0.1, 0.15) is 67.2 Å². The lowest BCUT2D eigenvalue weighted by Crippen LogP contribution is -2.70. The average molecular weight is 270 g/mol. The van der Waals surface area contributed by atoms with Crippen LogP contribution in [-0.4, -0.2) is 34.1 Å². The highest BCUT2D eigenvalue weighted by Crippen LogP contribution is 2.50. The number of ether oxygens (including phenoxy) is 2. The van der Waals surface area contributed by atoms with Crippen molar-refractivity contribution >= 4 is 0 Å². The summed E-state index contributed by atoms with van der Waals surface area (Å²) in [6, 6.07) is 0. The molecule has 2 unspecified atom stereocenters. The Hall–Kier alpha value is -0.160. The molecule has 19 heavy (non-hydrogen) atoms. The normalized spacial score (nSPS) is 41.8. The fourth-order valence-electron chi connectivity index (χ4n) is 3.94. The van der Waals surface area contributed by atoms with Crippen molar-refractivity contribution in [2.24, 2.45) is 5.84 Å². The first-order chi connectivity index (χ1) is 8.70. The molecule has 4 nitrogen and oxygen atoms in total. The second-order valence-corrected chi connectivity index (χ2v) is 7.02. The van der Waals surface area contributed by atoms with Gasteiger partial charge in [-0.2, -0.15) is 0 Å². The van der Waals surface area contributed by atoms with Crippen molar-refractivity contribution in [3.8, 4) is 0 Å². The van der Waals surface area contributed by atoms with E-state index >= 15 is 0 Å². The molecule has 0 aliphatic carbocycles. The summed E-state index contributed by atoms with van der Waals surface area (Å²) in [6.45, 7) is 13.0. The molecule has 2 heterocycles. The minimum atomic E-state index is -0.454. The standard InChI is InChI=1S/C15H30N2O2/c1-7-14(8-2)10-15(9-13(5,6)17(14)16)18-11(3)12(4)19-15/h11-12H,7-10,16H2,1-6H3. The molecule has 0 aromatic rings. The molecule has 0 bridgehead atoms. The molecule has 4 heteroatoms. The SMILES string of the molecule is CCC1(CC)CC2(CC(C)(C)N1N)OC(C)C(C)O2. The summed E-state index contributed by atoms with van der Waals surface area (Å²) in [5.74, 6) is 6.00. The van der Waals surface area contributed by atoms with Gasteiger partial charge in [-0.15, -0.1) is 0 Å². The van der Waals surface area contributed by atoms with E-state index in [-0.39, 0.29) is 23.3 Å². The predicted molar refractivity (Wildman–Crippen MR) is 76.5 cm³/mol. The number of hydrogen-bond acceptors (Lipinski definition) is 4. The van der Waals surface area contributed by atoms with E-state index in [1.807, 2.05) is 0 Å².